The number of amides is 1. The Bertz CT molecular complexity index is 1010. The van der Waals surface area contributed by atoms with Crippen LogP contribution < -0.4 is 5.32 Å². The van der Waals surface area contributed by atoms with Crippen LogP contribution in [0.4, 0.5) is 0 Å². The van der Waals surface area contributed by atoms with Crippen molar-refractivity contribution in [1.29, 1.82) is 0 Å². The molecular formula is C22H27N5OS2. The van der Waals surface area contributed by atoms with E-state index in [0.717, 1.165) is 37.4 Å². The summed E-state index contributed by atoms with van der Waals surface area (Å²) in [5, 5.41) is 12.3. The van der Waals surface area contributed by atoms with Crippen LogP contribution in [0, 0.1) is 10.7 Å². The number of hydrogen-bond acceptors (Lipinski definition) is 5. The molecule has 6 nitrogen and oxygen atoms in total. The van der Waals surface area contributed by atoms with Gasteiger partial charge in [-0.25, -0.2) is 0 Å². The summed E-state index contributed by atoms with van der Waals surface area (Å²) in [7, 11) is 0. The quantitative estimate of drug-likeness (QED) is 0.538. The highest BCUT2D eigenvalue weighted by molar-refractivity contribution is 7.71. The van der Waals surface area contributed by atoms with Crippen LogP contribution in [0.1, 0.15) is 31.4 Å². The van der Waals surface area contributed by atoms with Crippen LogP contribution in [0.5, 0.6) is 0 Å². The van der Waals surface area contributed by atoms with Gasteiger partial charge in [-0.15, -0.1) is 11.3 Å². The number of hydrogen-bond donors (Lipinski definition) is 2. The van der Waals surface area contributed by atoms with Gasteiger partial charge in [0.15, 0.2) is 10.6 Å². The Morgan fingerprint density at radius 2 is 2.17 bits per heavy atom. The molecule has 1 aliphatic rings. The van der Waals surface area contributed by atoms with E-state index in [1.807, 2.05) is 24.4 Å². The lowest BCUT2D eigenvalue weighted by molar-refractivity contribution is -0.124. The Balaban J connectivity index is 1.34. The molecule has 1 saturated heterocycles. The van der Waals surface area contributed by atoms with Crippen molar-refractivity contribution in [2.24, 2.45) is 5.92 Å². The average Bonchev–Trinajstić information content (AvgIpc) is 3.42. The second-order valence-electron chi connectivity index (χ2n) is 7.85. The molecule has 0 bridgehead atoms. The van der Waals surface area contributed by atoms with Crippen molar-refractivity contribution < 1.29 is 4.79 Å². The van der Waals surface area contributed by atoms with Crippen molar-refractivity contribution in [2.75, 3.05) is 19.6 Å². The third-order valence-electron chi connectivity index (χ3n) is 5.63. The fourth-order valence-corrected chi connectivity index (χ4v) is 5.06. The molecule has 8 heteroatoms. The molecule has 0 saturated carbocycles. The SMILES string of the molecule is CC(C(=O)NCC1CCCN(Cc2ccccc2)C1)n1c(-c2cccs2)n[nH]c1=S. The Kier molecular flexibility index (Phi) is 6.76. The van der Waals surface area contributed by atoms with E-state index in [9.17, 15) is 4.79 Å². The van der Waals surface area contributed by atoms with E-state index < -0.39 is 6.04 Å². The summed E-state index contributed by atoms with van der Waals surface area (Å²) in [5.41, 5.74) is 1.34. The monoisotopic (exact) mass is 441 g/mol. The number of nitrogens with zero attached hydrogens (tertiary/aromatic N) is 3. The zero-order chi connectivity index (χ0) is 20.9. The third kappa shape index (κ3) is 4.88. The molecule has 0 radical (unpaired) electrons. The summed E-state index contributed by atoms with van der Waals surface area (Å²) in [6.07, 6.45) is 2.31. The van der Waals surface area contributed by atoms with E-state index in [1.165, 1.54) is 5.56 Å². The number of nitrogens with one attached hydrogen (secondary N) is 2. The smallest absolute Gasteiger partial charge is 0.242 e. The number of H-pyrrole nitrogens is 1. The minimum absolute atomic E-state index is 0.0227. The number of piperidine rings is 1. The summed E-state index contributed by atoms with van der Waals surface area (Å²) in [6, 6.07) is 14.1. The van der Waals surface area contributed by atoms with Gasteiger partial charge < -0.3 is 5.32 Å². The van der Waals surface area contributed by atoms with Gasteiger partial charge in [-0.3, -0.25) is 19.4 Å². The number of aromatic nitrogens is 3. The molecule has 30 heavy (non-hydrogen) atoms. The second-order valence-corrected chi connectivity index (χ2v) is 9.18. The lowest BCUT2D eigenvalue weighted by Crippen LogP contribution is -2.42. The predicted octanol–water partition coefficient (Wildman–Crippen LogP) is 4.26. The number of aromatic amines is 1. The molecule has 1 aromatic carbocycles. The zero-order valence-electron chi connectivity index (χ0n) is 17.1. The molecule has 2 unspecified atom stereocenters. The minimum atomic E-state index is -0.419. The maximum Gasteiger partial charge on any atom is 0.242 e. The van der Waals surface area contributed by atoms with Crippen LogP contribution >= 0.6 is 23.6 Å². The lowest BCUT2D eigenvalue weighted by Gasteiger charge is -2.33. The minimum Gasteiger partial charge on any atom is -0.354 e. The van der Waals surface area contributed by atoms with Gasteiger partial charge in [0.2, 0.25) is 5.91 Å². The first-order valence-corrected chi connectivity index (χ1v) is 11.7. The van der Waals surface area contributed by atoms with Crippen LogP contribution in [0.3, 0.4) is 0 Å². The zero-order valence-corrected chi connectivity index (χ0v) is 18.7. The normalized spacial score (nSPS) is 18.2. The van der Waals surface area contributed by atoms with Crippen molar-refractivity contribution >= 4 is 29.5 Å². The van der Waals surface area contributed by atoms with E-state index >= 15 is 0 Å². The van der Waals surface area contributed by atoms with E-state index in [2.05, 4.69) is 50.7 Å². The summed E-state index contributed by atoms with van der Waals surface area (Å²) in [4.78, 5) is 16.4. The molecule has 4 rings (SSSR count). The van der Waals surface area contributed by atoms with Crippen LogP contribution in [0.2, 0.25) is 0 Å². The van der Waals surface area contributed by atoms with Crippen molar-refractivity contribution in [3.05, 3.63) is 58.2 Å². The molecule has 3 aromatic rings. The van der Waals surface area contributed by atoms with Crippen molar-refractivity contribution in [2.45, 2.75) is 32.4 Å². The average molecular weight is 442 g/mol. The van der Waals surface area contributed by atoms with E-state index in [-0.39, 0.29) is 5.91 Å². The summed E-state index contributed by atoms with van der Waals surface area (Å²) in [6.45, 7) is 5.66. The molecule has 0 aliphatic carbocycles. The van der Waals surface area contributed by atoms with Gasteiger partial charge in [0.1, 0.15) is 6.04 Å². The first-order chi connectivity index (χ1) is 14.6. The molecule has 2 N–H and O–H groups in total. The van der Waals surface area contributed by atoms with Gasteiger partial charge in [0.25, 0.3) is 0 Å². The first-order valence-electron chi connectivity index (χ1n) is 10.4. The molecule has 2 aromatic heterocycles. The van der Waals surface area contributed by atoms with Crippen molar-refractivity contribution in [1.82, 2.24) is 25.0 Å². The van der Waals surface area contributed by atoms with Crippen LogP contribution in [-0.2, 0) is 11.3 Å². The van der Waals surface area contributed by atoms with Crippen LogP contribution in [0.25, 0.3) is 10.7 Å². The maximum absolute atomic E-state index is 12.9. The third-order valence-corrected chi connectivity index (χ3v) is 6.78. The molecule has 158 valence electrons. The largest absolute Gasteiger partial charge is 0.354 e. The molecule has 1 aliphatic heterocycles. The molecule has 2 atom stereocenters. The summed E-state index contributed by atoms with van der Waals surface area (Å²) < 4.78 is 2.27. The standard InChI is InChI=1S/C22H27N5OS2/c1-16(27-20(24-25-22(27)29)19-10-6-12-30-19)21(28)23-13-18-9-5-11-26(15-18)14-17-7-3-2-4-8-17/h2-4,6-8,10,12,16,18H,5,9,11,13-15H2,1H3,(H,23,28)(H,25,29). The Morgan fingerprint density at radius 3 is 2.93 bits per heavy atom. The summed E-state index contributed by atoms with van der Waals surface area (Å²) >= 11 is 6.97. The Hall–Kier alpha value is -2.29. The van der Waals surface area contributed by atoms with Gasteiger partial charge >= 0.3 is 0 Å². The van der Waals surface area contributed by atoms with Gasteiger partial charge in [0.05, 0.1) is 4.88 Å². The van der Waals surface area contributed by atoms with E-state index in [4.69, 9.17) is 12.2 Å². The van der Waals surface area contributed by atoms with Gasteiger partial charge in [-0.2, -0.15) is 5.10 Å². The molecular weight excluding hydrogens is 414 g/mol. The van der Waals surface area contributed by atoms with Crippen molar-refractivity contribution in [3.8, 4) is 10.7 Å². The van der Waals surface area contributed by atoms with Gasteiger partial charge in [-0.05, 0) is 61.5 Å². The summed E-state index contributed by atoms with van der Waals surface area (Å²) in [5.74, 6) is 1.16. The second kappa shape index (κ2) is 9.68. The van der Waals surface area contributed by atoms with Crippen molar-refractivity contribution in [3.63, 3.8) is 0 Å². The molecule has 1 fully saturated rings. The van der Waals surface area contributed by atoms with E-state index in [0.29, 0.717) is 23.1 Å². The maximum atomic E-state index is 12.9. The molecule has 3 heterocycles. The fraction of sp³-hybridized carbons (Fsp3) is 0.409. The first kappa shape index (κ1) is 21.0. The Morgan fingerprint density at radius 1 is 1.33 bits per heavy atom. The number of likely N-dealkylation sites (tertiary alicyclic amines) is 1. The van der Waals surface area contributed by atoms with Crippen LogP contribution in [-0.4, -0.2) is 45.2 Å². The number of carbonyl (C=O) groups excluding carboxylic acids is 1. The highest BCUT2D eigenvalue weighted by Crippen LogP contribution is 2.25. The van der Waals surface area contributed by atoms with E-state index in [1.54, 1.807) is 15.9 Å². The van der Waals surface area contributed by atoms with Crippen LogP contribution in [0.15, 0.2) is 47.8 Å². The van der Waals surface area contributed by atoms with Gasteiger partial charge in [0, 0.05) is 19.6 Å². The highest BCUT2D eigenvalue weighted by atomic mass is 32.1. The number of carbonyl (C=O) groups is 1. The number of benzene rings is 1. The predicted molar refractivity (Wildman–Crippen MR) is 123 cm³/mol. The Labute approximate surface area is 185 Å². The highest BCUT2D eigenvalue weighted by Gasteiger charge is 2.24. The lowest BCUT2D eigenvalue weighted by atomic mass is 9.97. The number of rotatable bonds is 7. The fourth-order valence-electron chi connectivity index (χ4n) is 4.06. The molecule has 1 amide bonds. The molecule has 0 spiro atoms. The van der Waals surface area contributed by atoms with Gasteiger partial charge in [-0.1, -0.05) is 36.4 Å². The topological polar surface area (TPSA) is 66.0 Å². The number of thiophene rings is 1.